The highest BCUT2D eigenvalue weighted by atomic mass is 35.5. The van der Waals surface area contributed by atoms with Gasteiger partial charge in [0.15, 0.2) is 5.78 Å². The summed E-state index contributed by atoms with van der Waals surface area (Å²) < 4.78 is 1.71. The van der Waals surface area contributed by atoms with Gasteiger partial charge in [-0.05, 0) is 18.6 Å². The zero-order valence-electron chi connectivity index (χ0n) is 10.7. The largest absolute Gasteiger partial charge is 0.292 e. The van der Waals surface area contributed by atoms with Crippen molar-refractivity contribution in [2.24, 2.45) is 7.05 Å². The van der Waals surface area contributed by atoms with Crippen molar-refractivity contribution in [1.29, 1.82) is 0 Å². The van der Waals surface area contributed by atoms with Gasteiger partial charge in [-0.2, -0.15) is 5.10 Å². The van der Waals surface area contributed by atoms with Gasteiger partial charge in [-0.1, -0.05) is 30.1 Å². The average Bonchev–Trinajstić information content (AvgIpc) is 2.70. The van der Waals surface area contributed by atoms with Crippen molar-refractivity contribution in [3.8, 4) is 0 Å². The molecule has 0 radical (unpaired) electrons. The van der Waals surface area contributed by atoms with E-state index in [1.54, 1.807) is 4.68 Å². The monoisotopic (exact) mass is 297 g/mol. The molecule has 0 aliphatic rings. The number of aryl methyl sites for hydroxylation is 2. The molecule has 0 saturated carbocycles. The second kappa shape index (κ2) is 5.72. The van der Waals surface area contributed by atoms with E-state index in [1.165, 1.54) is 12.3 Å². The van der Waals surface area contributed by atoms with Crippen molar-refractivity contribution in [3.05, 3.63) is 45.5 Å². The van der Waals surface area contributed by atoms with Gasteiger partial charge < -0.3 is 0 Å². The lowest BCUT2D eigenvalue weighted by Crippen LogP contribution is -2.10. The van der Waals surface area contributed by atoms with Crippen LogP contribution in [0.1, 0.15) is 28.8 Å². The van der Waals surface area contributed by atoms with Crippen LogP contribution in [-0.2, 0) is 19.9 Å². The Kier molecular flexibility index (Phi) is 4.22. The maximum Gasteiger partial charge on any atom is 0.188 e. The molecule has 19 heavy (non-hydrogen) atoms. The fourth-order valence-corrected chi connectivity index (χ4v) is 2.26. The van der Waals surface area contributed by atoms with E-state index in [0.717, 1.165) is 17.8 Å². The third-order valence-corrected chi connectivity index (χ3v) is 3.30. The first kappa shape index (κ1) is 14.0. The molecule has 4 nitrogen and oxygen atoms in total. The minimum absolute atomic E-state index is 0.146. The summed E-state index contributed by atoms with van der Waals surface area (Å²) in [4.78, 5) is 16.2. The van der Waals surface area contributed by atoms with Crippen molar-refractivity contribution < 1.29 is 4.79 Å². The second-order valence-corrected chi connectivity index (χ2v) is 5.03. The Morgan fingerprint density at radius 3 is 2.68 bits per heavy atom. The predicted molar refractivity (Wildman–Crippen MR) is 74.9 cm³/mol. The Morgan fingerprint density at radius 2 is 2.11 bits per heavy atom. The number of halogens is 2. The first-order chi connectivity index (χ1) is 9.01. The summed E-state index contributed by atoms with van der Waals surface area (Å²) in [7, 11) is 1.82. The minimum Gasteiger partial charge on any atom is -0.292 e. The number of nitrogens with zero attached hydrogens (tertiary/aromatic N) is 3. The number of pyridine rings is 1. The lowest BCUT2D eigenvalue weighted by Gasteiger charge is -2.03. The summed E-state index contributed by atoms with van der Waals surface area (Å²) >= 11 is 11.7. The van der Waals surface area contributed by atoms with E-state index < -0.39 is 0 Å². The molecular formula is C13H13Cl2N3O. The number of carbonyl (C=O) groups is 1. The van der Waals surface area contributed by atoms with Gasteiger partial charge in [-0.25, -0.2) is 4.98 Å². The summed E-state index contributed by atoms with van der Waals surface area (Å²) in [6.07, 6.45) is 2.47. The molecular weight excluding hydrogens is 285 g/mol. The quantitative estimate of drug-likeness (QED) is 0.815. The highest BCUT2D eigenvalue weighted by molar-refractivity contribution is 6.36. The van der Waals surface area contributed by atoms with E-state index >= 15 is 0 Å². The molecule has 2 aromatic rings. The maximum absolute atomic E-state index is 12.2. The number of hydrogen-bond donors (Lipinski definition) is 0. The Balaban J connectivity index is 2.23. The predicted octanol–water partition coefficient (Wildman–Crippen LogP) is 3.11. The summed E-state index contributed by atoms with van der Waals surface area (Å²) in [6, 6.07) is 3.44. The van der Waals surface area contributed by atoms with Crippen LogP contribution in [-0.4, -0.2) is 20.5 Å². The highest BCUT2D eigenvalue weighted by Crippen LogP contribution is 2.20. The van der Waals surface area contributed by atoms with Crippen LogP contribution in [0.5, 0.6) is 0 Å². The summed E-state index contributed by atoms with van der Waals surface area (Å²) in [6.45, 7) is 2.02. The topological polar surface area (TPSA) is 47.8 Å². The smallest absolute Gasteiger partial charge is 0.188 e. The number of aromatic nitrogens is 3. The van der Waals surface area contributed by atoms with Crippen LogP contribution in [0.4, 0.5) is 0 Å². The lowest BCUT2D eigenvalue weighted by atomic mass is 10.1. The lowest BCUT2D eigenvalue weighted by molar-refractivity contribution is 0.0986. The zero-order valence-corrected chi connectivity index (χ0v) is 12.2. The molecule has 0 spiro atoms. The summed E-state index contributed by atoms with van der Waals surface area (Å²) in [5.74, 6) is -0.146. The Bertz CT molecular complexity index is 622. The van der Waals surface area contributed by atoms with Crippen LogP contribution in [0.25, 0.3) is 0 Å². The standard InChI is InChI=1S/C13H13Cl2N3O/c1-3-9-5-10(18(2)17-9)6-12(19)13-11(15)4-8(14)7-16-13/h4-5,7H,3,6H2,1-2H3. The van der Waals surface area contributed by atoms with Crippen LogP contribution in [0.15, 0.2) is 18.3 Å². The number of carbonyl (C=O) groups excluding carboxylic acids is 1. The molecule has 0 bridgehead atoms. The molecule has 2 heterocycles. The van der Waals surface area contributed by atoms with Gasteiger partial charge in [-0.15, -0.1) is 0 Å². The van der Waals surface area contributed by atoms with E-state index in [1.807, 2.05) is 20.0 Å². The van der Waals surface area contributed by atoms with Gasteiger partial charge in [0.2, 0.25) is 0 Å². The Labute approximate surface area is 121 Å². The van der Waals surface area contributed by atoms with E-state index in [9.17, 15) is 4.79 Å². The van der Waals surface area contributed by atoms with Gasteiger partial charge in [0.05, 0.1) is 22.2 Å². The zero-order chi connectivity index (χ0) is 14.0. The summed E-state index contributed by atoms with van der Waals surface area (Å²) in [5, 5.41) is 4.99. The third-order valence-electron chi connectivity index (χ3n) is 2.80. The molecule has 2 rings (SSSR count). The van der Waals surface area contributed by atoms with E-state index in [-0.39, 0.29) is 22.9 Å². The maximum atomic E-state index is 12.2. The van der Waals surface area contributed by atoms with Crippen LogP contribution >= 0.6 is 23.2 Å². The van der Waals surface area contributed by atoms with Crippen LogP contribution in [0, 0.1) is 0 Å². The van der Waals surface area contributed by atoms with E-state index in [4.69, 9.17) is 23.2 Å². The number of Topliss-reactive ketones (excluding diaryl/α,β-unsaturated/α-hetero) is 1. The third kappa shape index (κ3) is 3.14. The minimum atomic E-state index is -0.146. The van der Waals surface area contributed by atoms with Crippen molar-refractivity contribution in [2.45, 2.75) is 19.8 Å². The molecule has 6 heteroatoms. The van der Waals surface area contributed by atoms with E-state index in [2.05, 4.69) is 10.1 Å². The molecule has 0 atom stereocenters. The first-order valence-electron chi connectivity index (χ1n) is 5.87. The highest BCUT2D eigenvalue weighted by Gasteiger charge is 2.15. The molecule has 100 valence electrons. The normalized spacial score (nSPS) is 10.7. The van der Waals surface area contributed by atoms with E-state index in [0.29, 0.717) is 5.02 Å². The van der Waals surface area contributed by atoms with Crippen molar-refractivity contribution in [1.82, 2.24) is 14.8 Å². The molecule has 0 N–H and O–H groups in total. The molecule has 2 aromatic heterocycles. The van der Waals surface area contributed by atoms with Crippen LogP contribution in [0.2, 0.25) is 10.0 Å². The van der Waals surface area contributed by atoms with Gasteiger partial charge in [0, 0.05) is 18.9 Å². The fraction of sp³-hybridized carbons (Fsp3) is 0.308. The first-order valence-corrected chi connectivity index (χ1v) is 6.63. The van der Waals surface area contributed by atoms with Crippen molar-refractivity contribution in [3.63, 3.8) is 0 Å². The van der Waals surface area contributed by atoms with Gasteiger partial charge in [-0.3, -0.25) is 9.48 Å². The Morgan fingerprint density at radius 1 is 1.37 bits per heavy atom. The van der Waals surface area contributed by atoms with Crippen molar-refractivity contribution in [2.75, 3.05) is 0 Å². The average molecular weight is 298 g/mol. The molecule has 0 aliphatic carbocycles. The Hall–Kier alpha value is -1.39. The molecule has 0 unspecified atom stereocenters. The SMILES string of the molecule is CCc1cc(CC(=O)c2ncc(Cl)cc2Cl)n(C)n1. The molecule has 0 saturated heterocycles. The molecule has 0 aliphatic heterocycles. The molecule has 0 fully saturated rings. The number of ketones is 1. The number of hydrogen-bond acceptors (Lipinski definition) is 3. The van der Waals surface area contributed by atoms with Crippen LogP contribution in [0.3, 0.4) is 0 Å². The molecule has 0 amide bonds. The molecule has 0 aromatic carbocycles. The summed E-state index contributed by atoms with van der Waals surface area (Å²) in [5.41, 5.74) is 2.04. The van der Waals surface area contributed by atoms with Gasteiger partial charge in [0.1, 0.15) is 5.69 Å². The van der Waals surface area contributed by atoms with Crippen molar-refractivity contribution >= 4 is 29.0 Å². The van der Waals surface area contributed by atoms with Crippen LogP contribution < -0.4 is 0 Å². The van der Waals surface area contributed by atoms with Gasteiger partial charge >= 0.3 is 0 Å². The fourth-order valence-electron chi connectivity index (χ4n) is 1.78. The number of rotatable bonds is 4. The van der Waals surface area contributed by atoms with Gasteiger partial charge in [0.25, 0.3) is 0 Å². The second-order valence-electron chi connectivity index (χ2n) is 4.19.